The van der Waals surface area contributed by atoms with E-state index in [0.717, 1.165) is 39.3 Å². The summed E-state index contributed by atoms with van der Waals surface area (Å²) < 4.78 is 77.8. The Labute approximate surface area is 195 Å². The Bertz CT molecular complexity index is 630. The van der Waals surface area contributed by atoms with Crippen LogP contribution in [0.4, 0.5) is 0 Å². The maximum atomic E-state index is 10.8. The molecule has 0 heterocycles. The summed E-state index contributed by atoms with van der Waals surface area (Å²) >= 11 is 0. The van der Waals surface area contributed by atoms with E-state index in [1.807, 2.05) is 0 Å². The predicted octanol–water partition coefficient (Wildman–Crippen LogP) is 0.603. The van der Waals surface area contributed by atoms with Crippen molar-refractivity contribution in [2.75, 3.05) is 90.3 Å². The molecule has 194 valence electrons. The van der Waals surface area contributed by atoms with E-state index in [0.29, 0.717) is 61.3 Å². The van der Waals surface area contributed by atoms with Crippen molar-refractivity contribution in [2.45, 2.75) is 40.5 Å². The van der Waals surface area contributed by atoms with Crippen molar-refractivity contribution < 1.29 is 44.4 Å². The molecule has 0 radical (unpaired) electrons. The van der Waals surface area contributed by atoms with Crippen LogP contribution in [0.1, 0.15) is 40.5 Å². The van der Waals surface area contributed by atoms with E-state index < -0.39 is 20.2 Å². The van der Waals surface area contributed by atoms with Gasteiger partial charge in [-0.3, -0.25) is 0 Å². The lowest BCUT2D eigenvalue weighted by atomic mass is 10.3. The van der Waals surface area contributed by atoms with Crippen molar-refractivity contribution in [2.24, 2.45) is 0 Å². The van der Waals surface area contributed by atoms with Crippen molar-refractivity contribution in [1.82, 2.24) is 0 Å². The Balaban J connectivity index is 4.19. The third kappa shape index (κ3) is 14.7. The highest BCUT2D eigenvalue weighted by molar-refractivity contribution is 7.85. The van der Waals surface area contributed by atoms with Crippen molar-refractivity contribution in [1.29, 1.82) is 0 Å². The summed E-state index contributed by atoms with van der Waals surface area (Å²) in [5.74, 6) is -0.659. The van der Waals surface area contributed by atoms with Gasteiger partial charge in [-0.2, -0.15) is 0 Å². The van der Waals surface area contributed by atoms with Crippen molar-refractivity contribution in [3.8, 4) is 0 Å². The van der Waals surface area contributed by atoms with Crippen LogP contribution in [0.2, 0.25) is 0 Å². The molecule has 12 heteroatoms. The van der Waals surface area contributed by atoms with Crippen LogP contribution >= 0.6 is 0 Å². The Morgan fingerprint density at radius 2 is 0.875 bits per heavy atom. The summed E-state index contributed by atoms with van der Waals surface area (Å²) in [6.45, 7) is 16.3. The zero-order chi connectivity index (χ0) is 24.7. The van der Waals surface area contributed by atoms with Gasteiger partial charge in [0.2, 0.25) is 0 Å². The lowest BCUT2D eigenvalue weighted by molar-refractivity contribution is -0.925. The third-order valence-electron chi connectivity index (χ3n) is 6.53. The summed E-state index contributed by atoms with van der Waals surface area (Å²) in [6.07, 6.45) is 0.707. The van der Waals surface area contributed by atoms with Crippen LogP contribution in [0.3, 0.4) is 0 Å². The average molecular weight is 505 g/mol. The second-order valence-electron chi connectivity index (χ2n) is 8.30. The van der Waals surface area contributed by atoms with Gasteiger partial charge in [-0.25, -0.2) is 16.8 Å². The van der Waals surface area contributed by atoms with Crippen LogP contribution in [0.5, 0.6) is 0 Å². The minimum absolute atomic E-state index is 0.329. The quantitative estimate of drug-likeness (QED) is 0.126. The molecule has 0 spiro atoms. The SMILES string of the molecule is CC[N+](CC)(CCCS(=O)(=O)[O-])CCOCCOCC[N+](CC)(CC)CCCS(=O)(=O)[O-]. The van der Waals surface area contributed by atoms with Gasteiger partial charge in [0.05, 0.1) is 85.9 Å². The van der Waals surface area contributed by atoms with Crippen LogP contribution in [-0.2, 0) is 29.7 Å². The Kier molecular flexibility index (Phi) is 15.4. The summed E-state index contributed by atoms with van der Waals surface area (Å²) in [5.41, 5.74) is 0. The fourth-order valence-electron chi connectivity index (χ4n) is 3.93. The minimum Gasteiger partial charge on any atom is -0.748 e. The zero-order valence-corrected chi connectivity index (χ0v) is 21.9. The van der Waals surface area contributed by atoms with Crippen molar-refractivity contribution >= 4 is 20.2 Å². The second-order valence-corrected chi connectivity index (χ2v) is 11.3. The van der Waals surface area contributed by atoms with Gasteiger partial charge in [0.25, 0.3) is 0 Å². The van der Waals surface area contributed by atoms with Crippen LogP contribution in [0.15, 0.2) is 0 Å². The molecule has 32 heavy (non-hydrogen) atoms. The van der Waals surface area contributed by atoms with E-state index in [4.69, 9.17) is 9.47 Å². The maximum Gasteiger partial charge on any atom is 0.102 e. The lowest BCUT2D eigenvalue weighted by Crippen LogP contribution is -2.51. The number of likely N-dealkylation sites (N-methyl/N-ethyl adjacent to an activating group) is 2. The number of nitrogens with zero attached hydrogens (tertiary/aromatic N) is 2. The highest BCUT2D eigenvalue weighted by Gasteiger charge is 2.24. The first-order valence-corrected chi connectivity index (χ1v) is 14.7. The molecule has 0 bridgehead atoms. The number of hydrogen-bond donors (Lipinski definition) is 0. The number of hydrogen-bond acceptors (Lipinski definition) is 8. The van der Waals surface area contributed by atoms with Gasteiger partial charge < -0.3 is 27.5 Å². The van der Waals surface area contributed by atoms with Crippen LogP contribution in [0.25, 0.3) is 0 Å². The molecule has 0 amide bonds. The molecule has 0 aliphatic carbocycles. The molecule has 0 N–H and O–H groups in total. The first-order chi connectivity index (χ1) is 14.9. The van der Waals surface area contributed by atoms with E-state index >= 15 is 0 Å². The standard InChI is InChI=1S/C20H44N2O8S2/c1-5-21(6-2,11-9-19-31(23,24)25)13-15-29-17-18-30-16-14-22(7-3,8-4)12-10-20-32(26,27)28/h5-20H2,1-4H3. The molecule has 0 aromatic carbocycles. The second kappa shape index (κ2) is 15.5. The smallest absolute Gasteiger partial charge is 0.102 e. The average Bonchev–Trinajstić information content (AvgIpc) is 2.71. The van der Waals surface area contributed by atoms with E-state index in [1.165, 1.54) is 0 Å². The van der Waals surface area contributed by atoms with Crippen molar-refractivity contribution in [3.63, 3.8) is 0 Å². The van der Waals surface area contributed by atoms with E-state index in [9.17, 15) is 25.9 Å². The Morgan fingerprint density at radius 3 is 1.12 bits per heavy atom. The van der Waals surface area contributed by atoms with Gasteiger partial charge >= 0.3 is 0 Å². The van der Waals surface area contributed by atoms with E-state index in [-0.39, 0.29) is 11.5 Å². The summed E-state index contributed by atoms with van der Waals surface area (Å²) in [6, 6.07) is 0. The van der Waals surface area contributed by atoms with Crippen LogP contribution in [-0.4, -0.2) is 125 Å². The molecular weight excluding hydrogens is 460 g/mol. The Morgan fingerprint density at radius 1 is 0.562 bits per heavy atom. The van der Waals surface area contributed by atoms with Crippen LogP contribution in [0, 0.1) is 0 Å². The van der Waals surface area contributed by atoms with Gasteiger partial charge in [-0.15, -0.1) is 0 Å². The molecule has 0 aromatic rings. The molecule has 0 atom stereocenters. The molecule has 0 aliphatic rings. The molecule has 0 saturated heterocycles. The van der Waals surface area contributed by atoms with Gasteiger partial charge in [0.15, 0.2) is 0 Å². The highest BCUT2D eigenvalue weighted by Crippen LogP contribution is 2.10. The molecule has 0 aromatic heterocycles. The van der Waals surface area contributed by atoms with Gasteiger partial charge in [0.1, 0.15) is 13.1 Å². The van der Waals surface area contributed by atoms with Crippen molar-refractivity contribution in [3.05, 3.63) is 0 Å². The highest BCUT2D eigenvalue weighted by atomic mass is 32.2. The first kappa shape index (κ1) is 31.7. The summed E-state index contributed by atoms with van der Waals surface area (Å²) in [7, 11) is -8.35. The lowest BCUT2D eigenvalue weighted by Gasteiger charge is -2.37. The third-order valence-corrected chi connectivity index (χ3v) is 8.11. The summed E-state index contributed by atoms with van der Waals surface area (Å²) in [4.78, 5) is 0. The molecule has 0 rings (SSSR count). The predicted molar refractivity (Wildman–Crippen MR) is 122 cm³/mol. The molecule has 10 nitrogen and oxygen atoms in total. The topological polar surface area (TPSA) is 133 Å². The minimum atomic E-state index is -4.18. The molecule has 0 saturated carbocycles. The molecule has 0 fully saturated rings. The van der Waals surface area contributed by atoms with Gasteiger partial charge in [-0.1, -0.05) is 0 Å². The molecule has 0 unspecified atom stereocenters. The fourth-order valence-corrected chi connectivity index (χ4v) is 4.89. The normalized spacial score (nSPS) is 13.6. The monoisotopic (exact) mass is 504 g/mol. The van der Waals surface area contributed by atoms with Crippen LogP contribution < -0.4 is 0 Å². The summed E-state index contributed by atoms with van der Waals surface area (Å²) in [5, 5.41) is 0. The number of ether oxygens (including phenoxy) is 2. The number of quaternary nitrogens is 2. The zero-order valence-electron chi connectivity index (χ0n) is 20.3. The Hall–Kier alpha value is -0.340. The van der Waals surface area contributed by atoms with E-state index in [2.05, 4.69) is 27.7 Å². The molecular formula is C20H44N2O8S2. The maximum absolute atomic E-state index is 10.8. The van der Waals surface area contributed by atoms with Gasteiger partial charge in [0, 0.05) is 24.3 Å². The molecule has 0 aliphatic heterocycles. The first-order valence-electron chi connectivity index (χ1n) is 11.6. The number of rotatable bonds is 21. The largest absolute Gasteiger partial charge is 0.748 e. The van der Waals surface area contributed by atoms with Gasteiger partial charge in [-0.05, 0) is 27.7 Å². The fraction of sp³-hybridized carbons (Fsp3) is 1.00. The van der Waals surface area contributed by atoms with E-state index in [1.54, 1.807) is 0 Å².